The molecule has 1 aliphatic rings. The molecule has 0 saturated heterocycles. The van der Waals surface area contributed by atoms with Crippen molar-refractivity contribution in [3.63, 3.8) is 0 Å². The highest BCUT2D eigenvalue weighted by Gasteiger charge is 2.10. The third kappa shape index (κ3) is 1.46. The summed E-state index contributed by atoms with van der Waals surface area (Å²) in [6.45, 7) is 0. The van der Waals surface area contributed by atoms with E-state index in [0.29, 0.717) is 6.42 Å². The maximum absolute atomic E-state index is 12.1. The minimum absolute atomic E-state index is 0.708. The highest BCUT2D eigenvalue weighted by molar-refractivity contribution is 4.79. The Bertz CT molecular complexity index is 46.1. The largest absolute Gasteiger partial charge is 0.247 e. The summed E-state index contributed by atoms with van der Waals surface area (Å²) in [5.41, 5.74) is 0. The Kier molecular flexibility index (Phi) is 1.66. The van der Waals surface area contributed by atoms with Gasteiger partial charge < -0.3 is 0 Å². The van der Waals surface area contributed by atoms with E-state index in [2.05, 4.69) is 6.42 Å². The van der Waals surface area contributed by atoms with Crippen LogP contribution in [0.4, 0.5) is 4.39 Å². The third-order valence-electron chi connectivity index (χ3n) is 1.25. The summed E-state index contributed by atoms with van der Waals surface area (Å²) < 4.78 is 12.1. The quantitative estimate of drug-likeness (QED) is 0.436. The fourth-order valence-electron chi connectivity index (χ4n) is 0.809. The van der Waals surface area contributed by atoms with Crippen LogP contribution in [0.25, 0.3) is 0 Å². The van der Waals surface area contributed by atoms with Gasteiger partial charge in [-0.15, -0.1) is 0 Å². The summed E-state index contributed by atoms with van der Waals surface area (Å²) in [7, 11) is 0. The van der Waals surface area contributed by atoms with Crippen molar-refractivity contribution in [3.8, 4) is 0 Å². The molecule has 1 rings (SSSR count). The van der Waals surface area contributed by atoms with Crippen LogP contribution in [0.15, 0.2) is 0 Å². The van der Waals surface area contributed by atoms with Crippen molar-refractivity contribution in [2.24, 2.45) is 0 Å². The lowest BCUT2D eigenvalue weighted by Gasteiger charge is -2.11. The van der Waals surface area contributed by atoms with E-state index in [-0.39, 0.29) is 0 Å². The Hall–Kier alpha value is -0.0700. The van der Waals surface area contributed by atoms with Crippen molar-refractivity contribution in [1.82, 2.24) is 0 Å². The molecule has 0 heterocycles. The lowest BCUT2D eigenvalue weighted by molar-refractivity contribution is 0.312. The lowest BCUT2D eigenvalue weighted by atomic mass is 9.99. The third-order valence-corrected chi connectivity index (χ3v) is 1.25. The Morgan fingerprint density at radius 2 is 2.29 bits per heavy atom. The monoisotopic (exact) mass is 100 g/mol. The van der Waals surface area contributed by atoms with Crippen LogP contribution in [0.2, 0.25) is 0 Å². The molecule has 0 N–H and O–H groups in total. The van der Waals surface area contributed by atoms with E-state index in [4.69, 9.17) is 0 Å². The molecule has 0 nitrogen and oxygen atoms in total. The number of alkyl halides is 1. The second-order valence-corrected chi connectivity index (χ2v) is 1.92. The second kappa shape index (κ2) is 2.29. The summed E-state index contributed by atoms with van der Waals surface area (Å²) >= 11 is 0. The van der Waals surface area contributed by atoms with E-state index in [1.165, 1.54) is 0 Å². The van der Waals surface area contributed by atoms with Gasteiger partial charge in [-0.2, -0.15) is 0 Å². The van der Waals surface area contributed by atoms with Crippen LogP contribution in [0, 0.1) is 6.42 Å². The van der Waals surface area contributed by atoms with Crippen LogP contribution in [0.5, 0.6) is 0 Å². The standard InChI is InChI=1S/C6H9F/c7-6-4-2-1-3-5-6/h6H,1-4H2. The van der Waals surface area contributed by atoms with Crippen LogP contribution in [0.1, 0.15) is 25.7 Å². The smallest absolute Gasteiger partial charge is 0.107 e. The molecule has 7 heavy (non-hydrogen) atoms. The predicted molar refractivity (Wildman–Crippen MR) is 26.6 cm³/mol. The van der Waals surface area contributed by atoms with Gasteiger partial charge in [-0.05, 0) is 12.8 Å². The van der Waals surface area contributed by atoms with Gasteiger partial charge in [-0.25, -0.2) is 4.39 Å². The molecule has 1 unspecified atom stereocenters. The highest BCUT2D eigenvalue weighted by atomic mass is 19.1. The fraction of sp³-hybridized carbons (Fsp3) is 0.833. The normalized spacial score (nSPS) is 25.3. The summed E-state index contributed by atoms with van der Waals surface area (Å²) in [6.07, 6.45) is 5.76. The van der Waals surface area contributed by atoms with E-state index < -0.39 is 6.17 Å². The molecule has 0 aromatic heterocycles. The first kappa shape index (κ1) is 5.07. The molecule has 40 valence electrons. The zero-order valence-electron chi connectivity index (χ0n) is 4.28. The van der Waals surface area contributed by atoms with Gasteiger partial charge in [-0.1, -0.05) is 12.8 Å². The summed E-state index contributed by atoms with van der Waals surface area (Å²) in [6, 6.07) is 0. The molecule has 2 radical (unpaired) electrons. The topological polar surface area (TPSA) is 0 Å². The Morgan fingerprint density at radius 1 is 1.43 bits per heavy atom. The minimum atomic E-state index is -0.714. The first-order valence-corrected chi connectivity index (χ1v) is 2.77. The van der Waals surface area contributed by atoms with Crippen molar-refractivity contribution in [2.45, 2.75) is 31.9 Å². The zero-order valence-corrected chi connectivity index (χ0v) is 4.28. The van der Waals surface area contributed by atoms with Gasteiger partial charge in [-0.3, -0.25) is 0 Å². The molecule has 0 amide bonds. The average Bonchev–Trinajstić information content (AvgIpc) is 1.69. The van der Waals surface area contributed by atoms with Gasteiger partial charge in [0.15, 0.2) is 0 Å². The summed E-state index contributed by atoms with van der Waals surface area (Å²) in [5, 5.41) is 0. The zero-order chi connectivity index (χ0) is 5.11. The van der Waals surface area contributed by atoms with Crippen LogP contribution >= 0.6 is 0 Å². The minimum Gasteiger partial charge on any atom is -0.247 e. The maximum Gasteiger partial charge on any atom is 0.107 e. The van der Waals surface area contributed by atoms with E-state index in [0.717, 1.165) is 19.3 Å². The van der Waals surface area contributed by atoms with Crippen molar-refractivity contribution < 1.29 is 4.39 Å². The Morgan fingerprint density at radius 3 is 2.57 bits per heavy atom. The van der Waals surface area contributed by atoms with Crippen LogP contribution < -0.4 is 0 Å². The van der Waals surface area contributed by atoms with Gasteiger partial charge in [0.05, 0.1) is 0 Å². The van der Waals surface area contributed by atoms with E-state index in [1.807, 2.05) is 0 Å². The first-order chi connectivity index (χ1) is 3.39. The van der Waals surface area contributed by atoms with Crippen LogP contribution in [0.3, 0.4) is 0 Å². The number of rotatable bonds is 0. The molecular weight excluding hydrogens is 91.1 g/mol. The van der Waals surface area contributed by atoms with Crippen LogP contribution in [-0.2, 0) is 0 Å². The van der Waals surface area contributed by atoms with E-state index >= 15 is 0 Å². The van der Waals surface area contributed by atoms with Crippen molar-refractivity contribution in [1.29, 1.82) is 0 Å². The number of halogens is 1. The van der Waals surface area contributed by atoms with Crippen LogP contribution in [-0.4, -0.2) is 6.17 Å². The number of hydrogen-bond acceptors (Lipinski definition) is 0. The van der Waals surface area contributed by atoms with Gasteiger partial charge in [0.2, 0.25) is 0 Å². The predicted octanol–water partition coefficient (Wildman–Crippen LogP) is 1.98. The average molecular weight is 100 g/mol. The molecule has 1 saturated carbocycles. The van der Waals surface area contributed by atoms with E-state index in [1.54, 1.807) is 0 Å². The molecule has 1 atom stereocenters. The molecule has 0 spiro atoms. The molecule has 0 aromatic rings. The second-order valence-electron chi connectivity index (χ2n) is 1.92. The Balaban J connectivity index is 2.12. The van der Waals surface area contributed by atoms with Crippen molar-refractivity contribution in [3.05, 3.63) is 6.42 Å². The van der Waals surface area contributed by atoms with Gasteiger partial charge in [0, 0.05) is 6.42 Å². The van der Waals surface area contributed by atoms with Gasteiger partial charge >= 0.3 is 0 Å². The molecular formula is C6H9F. The maximum atomic E-state index is 12.1. The van der Waals surface area contributed by atoms with Crippen molar-refractivity contribution >= 4 is 0 Å². The SMILES string of the molecule is FC1[C]CCCC1. The fourth-order valence-corrected chi connectivity index (χ4v) is 0.809. The molecule has 1 heteroatoms. The van der Waals surface area contributed by atoms with Gasteiger partial charge in [0.1, 0.15) is 6.17 Å². The molecule has 1 aliphatic carbocycles. The molecule has 0 bridgehead atoms. The lowest BCUT2D eigenvalue weighted by Crippen LogP contribution is -2.05. The molecule has 1 fully saturated rings. The first-order valence-electron chi connectivity index (χ1n) is 2.77. The summed E-state index contributed by atoms with van der Waals surface area (Å²) in [5.74, 6) is 0. The summed E-state index contributed by atoms with van der Waals surface area (Å²) in [4.78, 5) is 0. The number of hydrogen-bond donors (Lipinski definition) is 0. The van der Waals surface area contributed by atoms with Gasteiger partial charge in [0.25, 0.3) is 0 Å². The Labute approximate surface area is 43.7 Å². The molecule has 0 aromatic carbocycles. The van der Waals surface area contributed by atoms with Crippen molar-refractivity contribution in [2.75, 3.05) is 0 Å². The van der Waals surface area contributed by atoms with E-state index in [9.17, 15) is 4.39 Å². The highest BCUT2D eigenvalue weighted by Crippen LogP contribution is 2.18. The molecule has 0 aliphatic heterocycles.